The number of anilines is 1. The molecule has 1 rings (SSSR count). The molecule has 1 aromatic heterocycles. The van der Waals surface area contributed by atoms with E-state index in [1.54, 1.807) is 26.8 Å². The highest BCUT2D eigenvalue weighted by atomic mass is 16.6. The molecule has 0 aliphatic carbocycles. The Kier molecular flexibility index (Phi) is 4.25. The van der Waals surface area contributed by atoms with Crippen LogP contribution in [0.5, 0.6) is 0 Å². The van der Waals surface area contributed by atoms with Gasteiger partial charge in [-0.1, -0.05) is 0 Å². The van der Waals surface area contributed by atoms with Gasteiger partial charge in [-0.25, -0.2) is 4.79 Å². The molecular formula is C12H16N2O4. The first-order valence-electron chi connectivity index (χ1n) is 5.43. The van der Waals surface area contributed by atoms with Crippen LogP contribution in [0.25, 0.3) is 0 Å². The number of pyridine rings is 1. The van der Waals surface area contributed by atoms with Gasteiger partial charge in [-0.2, -0.15) is 0 Å². The van der Waals surface area contributed by atoms with Crippen molar-refractivity contribution in [3.05, 3.63) is 24.0 Å². The number of carbonyl (C=O) groups is 2. The number of aromatic nitrogens is 1. The highest BCUT2D eigenvalue weighted by Gasteiger charge is 2.16. The number of rotatable bonds is 3. The van der Waals surface area contributed by atoms with Gasteiger partial charge in [0.15, 0.2) is 0 Å². The highest BCUT2D eigenvalue weighted by molar-refractivity contribution is 5.85. The van der Waals surface area contributed by atoms with E-state index >= 15 is 0 Å². The van der Waals surface area contributed by atoms with E-state index in [-0.39, 0.29) is 6.42 Å². The van der Waals surface area contributed by atoms with Crippen molar-refractivity contribution in [1.29, 1.82) is 0 Å². The van der Waals surface area contributed by atoms with E-state index in [1.807, 2.05) is 0 Å². The van der Waals surface area contributed by atoms with Crippen molar-refractivity contribution in [1.82, 2.24) is 4.98 Å². The number of carbonyl (C=O) groups excluding carboxylic acids is 1. The molecule has 1 heterocycles. The normalized spacial score (nSPS) is 10.8. The monoisotopic (exact) mass is 252 g/mol. The second-order valence-corrected chi connectivity index (χ2v) is 4.73. The number of nitrogens with zero attached hydrogens (tertiary/aromatic N) is 1. The van der Waals surface area contributed by atoms with Crippen LogP contribution in [0.3, 0.4) is 0 Å². The number of carboxylic acids is 1. The fourth-order valence-corrected chi connectivity index (χ4v) is 1.23. The molecular weight excluding hydrogens is 236 g/mol. The zero-order valence-electron chi connectivity index (χ0n) is 10.6. The number of ether oxygens (including phenoxy) is 1. The zero-order chi connectivity index (χ0) is 13.8. The van der Waals surface area contributed by atoms with Crippen LogP contribution >= 0.6 is 0 Å². The molecule has 0 aromatic carbocycles. The van der Waals surface area contributed by atoms with Crippen LogP contribution in [0.1, 0.15) is 26.5 Å². The van der Waals surface area contributed by atoms with Gasteiger partial charge in [-0.15, -0.1) is 0 Å². The predicted octanol–water partition coefficient (Wildman–Crippen LogP) is 2.06. The maximum Gasteiger partial charge on any atom is 0.412 e. The van der Waals surface area contributed by atoms with Gasteiger partial charge in [-0.3, -0.25) is 15.1 Å². The summed E-state index contributed by atoms with van der Waals surface area (Å²) in [6.45, 7) is 5.28. The van der Waals surface area contributed by atoms with Crippen LogP contribution in [0.2, 0.25) is 0 Å². The summed E-state index contributed by atoms with van der Waals surface area (Å²) >= 11 is 0. The Morgan fingerprint density at radius 2 is 2.11 bits per heavy atom. The molecule has 0 unspecified atom stereocenters. The van der Waals surface area contributed by atoms with Crippen LogP contribution in [0.4, 0.5) is 10.5 Å². The van der Waals surface area contributed by atoms with Crippen molar-refractivity contribution < 1.29 is 19.4 Å². The molecule has 0 fully saturated rings. The maximum absolute atomic E-state index is 11.5. The molecule has 0 saturated carbocycles. The van der Waals surface area contributed by atoms with Gasteiger partial charge in [0.2, 0.25) is 0 Å². The van der Waals surface area contributed by atoms with Crippen molar-refractivity contribution >= 4 is 17.7 Å². The Labute approximate surface area is 105 Å². The molecule has 0 radical (unpaired) electrons. The lowest BCUT2D eigenvalue weighted by Gasteiger charge is -2.19. The van der Waals surface area contributed by atoms with Crippen LogP contribution in [0.15, 0.2) is 18.3 Å². The predicted molar refractivity (Wildman–Crippen MR) is 65.4 cm³/mol. The highest BCUT2D eigenvalue weighted by Crippen LogP contribution is 2.12. The van der Waals surface area contributed by atoms with E-state index in [2.05, 4.69) is 10.3 Å². The average Bonchev–Trinajstić information content (AvgIpc) is 2.13. The molecule has 18 heavy (non-hydrogen) atoms. The summed E-state index contributed by atoms with van der Waals surface area (Å²) in [4.78, 5) is 25.9. The topological polar surface area (TPSA) is 88.5 Å². The van der Waals surface area contributed by atoms with Gasteiger partial charge in [0.1, 0.15) is 5.60 Å². The van der Waals surface area contributed by atoms with Crippen LogP contribution in [-0.4, -0.2) is 27.8 Å². The fourth-order valence-electron chi connectivity index (χ4n) is 1.23. The van der Waals surface area contributed by atoms with Crippen molar-refractivity contribution in [3.8, 4) is 0 Å². The third-order valence-corrected chi connectivity index (χ3v) is 1.79. The third kappa shape index (κ3) is 5.29. The Morgan fingerprint density at radius 3 is 2.67 bits per heavy atom. The summed E-state index contributed by atoms with van der Waals surface area (Å²) in [7, 11) is 0. The second kappa shape index (κ2) is 5.48. The van der Waals surface area contributed by atoms with Gasteiger partial charge >= 0.3 is 12.1 Å². The number of carboxylic acid groups (broad SMARTS) is 1. The number of hydrogen-bond acceptors (Lipinski definition) is 4. The molecule has 98 valence electrons. The number of hydrogen-bond donors (Lipinski definition) is 2. The van der Waals surface area contributed by atoms with E-state index in [0.717, 1.165) is 0 Å². The molecule has 6 nitrogen and oxygen atoms in total. The maximum atomic E-state index is 11.5. The smallest absolute Gasteiger partial charge is 0.412 e. The summed E-state index contributed by atoms with van der Waals surface area (Å²) in [5.74, 6) is -0.975. The summed E-state index contributed by atoms with van der Waals surface area (Å²) in [5.41, 5.74) is 0.243. The van der Waals surface area contributed by atoms with Crippen molar-refractivity contribution in [2.45, 2.75) is 32.8 Å². The lowest BCUT2D eigenvalue weighted by Crippen LogP contribution is -2.27. The van der Waals surface area contributed by atoms with Crippen LogP contribution in [-0.2, 0) is 16.0 Å². The van der Waals surface area contributed by atoms with E-state index in [9.17, 15) is 9.59 Å². The van der Waals surface area contributed by atoms with Gasteiger partial charge in [0.05, 0.1) is 12.1 Å². The first-order chi connectivity index (χ1) is 8.26. The standard InChI is InChI=1S/C12H16N2O4/c1-12(2,3)18-11(17)14-8-4-5-13-9(6-8)7-10(15)16/h4-6H,7H2,1-3H3,(H,15,16)(H,13,14,17). The van der Waals surface area contributed by atoms with Gasteiger partial charge < -0.3 is 9.84 Å². The molecule has 1 amide bonds. The number of aliphatic carboxylic acids is 1. The largest absolute Gasteiger partial charge is 0.481 e. The molecule has 1 aromatic rings. The Morgan fingerprint density at radius 1 is 1.44 bits per heavy atom. The quantitative estimate of drug-likeness (QED) is 0.859. The Bertz CT molecular complexity index is 452. The molecule has 2 N–H and O–H groups in total. The average molecular weight is 252 g/mol. The fraction of sp³-hybridized carbons (Fsp3) is 0.417. The van der Waals surface area contributed by atoms with Crippen molar-refractivity contribution in [2.24, 2.45) is 0 Å². The summed E-state index contributed by atoms with van der Waals surface area (Å²) in [5, 5.41) is 11.2. The van der Waals surface area contributed by atoms with Gasteiger partial charge in [0.25, 0.3) is 0 Å². The lowest BCUT2D eigenvalue weighted by molar-refractivity contribution is -0.136. The van der Waals surface area contributed by atoms with E-state index < -0.39 is 17.7 Å². The Hall–Kier alpha value is -2.11. The van der Waals surface area contributed by atoms with Crippen LogP contribution in [0, 0.1) is 0 Å². The van der Waals surface area contributed by atoms with E-state index in [0.29, 0.717) is 11.4 Å². The third-order valence-electron chi connectivity index (χ3n) is 1.79. The number of amides is 1. The minimum Gasteiger partial charge on any atom is -0.481 e. The van der Waals surface area contributed by atoms with Gasteiger partial charge in [0, 0.05) is 11.9 Å². The summed E-state index contributed by atoms with van der Waals surface area (Å²) in [6, 6.07) is 3.06. The minimum absolute atomic E-state index is 0.191. The molecule has 0 bridgehead atoms. The summed E-state index contributed by atoms with van der Waals surface area (Å²) in [6.07, 6.45) is 0.657. The Balaban J connectivity index is 2.67. The molecule has 0 aliphatic heterocycles. The first-order valence-corrected chi connectivity index (χ1v) is 5.43. The number of nitrogens with one attached hydrogen (secondary N) is 1. The molecule has 0 spiro atoms. The van der Waals surface area contributed by atoms with Crippen molar-refractivity contribution in [3.63, 3.8) is 0 Å². The molecule has 0 atom stereocenters. The molecule has 0 aliphatic rings. The van der Waals surface area contributed by atoms with E-state index in [1.165, 1.54) is 12.3 Å². The second-order valence-electron chi connectivity index (χ2n) is 4.73. The first kappa shape index (κ1) is 14.0. The van der Waals surface area contributed by atoms with Crippen molar-refractivity contribution in [2.75, 3.05) is 5.32 Å². The van der Waals surface area contributed by atoms with E-state index in [4.69, 9.17) is 9.84 Å². The lowest BCUT2D eigenvalue weighted by atomic mass is 10.2. The molecule has 6 heteroatoms. The SMILES string of the molecule is CC(C)(C)OC(=O)Nc1ccnc(CC(=O)O)c1. The van der Waals surface area contributed by atoms with Crippen LogP contribution < -0.4 is 5.32 Å². The minimum atomic E-state index is -0.975. The molecule has 0 saturated heterocycles. The van der Waals surface area contributed by atoms with Gasteiger partial charge in [-0.05, 0) is 32.9 Å². The zero-order valence-corrected chi connectivity index (χ0v) is 10.6. The summed E-state index contributed by atoms with van der Waals surface area (Å²) < 4.78 is 5.08.